The third-order valence-electron chi connectivity index (χ3n) is 3.69. The maximum atomic E-state index is 11.4. The number of hydrogen-bond acceptors (Lipinski definition) is 6. The standard InChI is InChI=1S/C14H20ClN5O3/c15-10-14(16)17-11-1-2-12(13(9-11)20(22)23)19-5-3-18(4-6-19)7-8-21/h1-2,9,21H,3-8,10H2,(H2,16,17). The van der Waals surface area contributed by atoms with Gasteiger partial charge >= 0.3 is 0 Å². The molecular formula is C14H20ClN5O3. The molecule has 8 nitrogen and oxygen atoms in total. The molecule has 9 heteroatoms. The predicted octanol–water partition coefficient (Wildman–Crippen LogP) is 0.937. The molecule has 0 saturated carbocycles. The molecular weight excluding hydrogens is 322 g/mol. The van der Waals surface area contributed by atoms with Crippen molar-refractivity contribution < 1.29 is 10.0 Å². The number of nitrogens with two attached hydrogens (primary N) is 1. The maximum Gasteiger partial charge on any atom is 0.294 e. The Morgan fingerprint density at radius 3 is 2.65 bits per heavy atom. The number of alkyl halides is 1. The molecule has 1 aromatic rings. The molecule has 0 radical (unpaired) electrons. The van der Waals surface area contributed by atoms with Crippen molar-refractivity contribution in [1.29, 1.82) is 0 Å². The van der Waals surface area contributed by atoms with Gasteiger partial charge in [0.15, 0.2) is 0 Å². The van der Waals surface area contributed by atoms with Crippen LogP contribution in [0.25, 0.3) is 0 Å². The van der Waals surface area contributed by atoms with Crippen LogP contribution in [0.2, 0.25) is 0 Å². The third kappa shape index (κ3) is 4.54. The lowest BCUT2D eigenvalue weighted by Crippen LogP contribution is -2.47. The van der Waals surface area contributed by atoms with Crippen LogP contribution in [0.3, 0.4) is 0 Å². The lowest BCUT2D eigenvalue weighted by Gasteiger charge is -2.35. The van der Waals surface area contributed by atoms with Gasteiger partial charge in [0.2, 0.25) is 0 Å². The normalized spacial score (nSPS) is 16.6. The zero-order valence-corrected chi connectivity index (χ0v) is 13.4. The van der Waals surface area contributed by atoms with Crippen LogP contribution in [0, 0.1) is 10.1 Å². The summed E-state index contributed by atoms with van der Waals surface area (Å²) in [6.45, 7) is 3.62. The molecule has 126 valence electrons. The van der Waals surface area contributed by atoms with Crippen LogP contribution in [0.4, 0.5) is 17.1 Å². The second kappa shape index (κ2) is 8.09. The number of aliphatic hydroxyl groups is 1. The monoisotopic (exact) mass is 341 g/mol. The number of halogens is 1. The zero-order valence-electron chi connectivity index (χ0n) is 12.7. The molecule has 0 unspecified atom stereocenters. The van der Waals surface area contributed by atoms with Gasteiger partial charge in [0.1, 0.15) is 11.5 Å². The van der Waals surface area contributed by atoms with E-state index in [0.717, 1.165) is 13.1 Å². The van der Waals surface area contributed by atoms with Crippen molar-refractivity contribution in [2.45, 2.75) is 0 Å². The highest BCUT2D eigenvalue weighted by Gasteiger charge is 2.23. The van der Waals surface area contributed by atoms with Crippen LogP contribution in [-0.2, 0) is 0 Å². The molecule has 0 amide bonds. The number of nitro benzene ring substituents is 1. The van der Waals surface area contributed by atoms with Gasteiger partial charge in [-0.05, 0) is 12.1 Å². The van der Waals surface area contributed by atoms with Crippen molar-refractivity contribution in [3.05, 3.63) is 28.3 Å². The van der Waals surface area contributed by atoms with Crippen LogP contribution < -0.4 is 10.6 Å². The minimum Gasteiger partial charge on any atom is -0.395 e. The molecule has 23 heavy (non-hydrogen) atoms. The highest BCUT2D eigenvalue weighted by Crippen LogP contribution is 2.32. The van der Waals surface area contributed by atoms with Gasteiger partial charge in [-0.3, -0.25) is 15.0 Å². The van der Waals surface area contributed by atoms with Gasteiger partial charge in [0.05, 0.1) is 23.1 Å². The second-order valence-corrected chi connectivity index (χ2v) is 5.49. The zero-order chi connectivity index (χ0) is 16.8. The van der Waals surface area contributed by atoms with E-state index >= 15 is 0 Å². The summed E-state index contributed by atoms with van der Waals surface area (Å²) in [6, 6.07) is 4.80. The summed E-state index contributed by atoms with van der Waals surface area (Å²) < 4.78 is 0. The van der Waals surface area contributed by atoms with Gasteiger partial charge < -0.3 is 15.7 Å². The van der Waals surface area contributed by atoms with Crippen molar-refractivity contribution in [2.75, 3.05) is 50.1 Å². The fourth-order valence-electron chi connectivity index (χ4n) is 2.54. The van der Waals surface area contributed by atoms with Crippen molar-refractivity contribution in [2.24, 2.45) is 10.7 Å². The molecule has 3 N–H and O–H groups in total. The van der Waals surface area contributed by atoms with E-state index in [4.69, 9.17) is 22.4 Å². The largest absolute Gasteiger partial charge is 0.395 e. The average Bonchev–Trinajstić information content (AvgIpc) is 2.55. The highest BCUT2D eigenvalue weighted by molar-refractivity contribution is 6.28. The summed E-state index contributed by atoms with van der Waals surface area (Å²) in [4.78, 5) is 19.1. The summed E-state index contributed by atoms with van der Waals surface area (Å²) in [5, 5.41) is 20.3. The van der Waals surface area contributed by atoms with E-state index in [1.807, 2.05) is 4.90 Å². The molecule has 1 heterocycles. The first-order valence-corrected chi connectivity index (χ1v) is 7.84. The van der Waals surface area contributed by atoms with Gasteiger partial charge in [-0.1, -0.05) is 0 Å². The quantitative estimate of drug-likeness (QED) is 0.262. The van der Waals surface area contributed by atoms with E-state index in [2.05, 4.69) is 9.89 Å². The Bertz CT molecular complexity index is 588. The van der Waals surface area contributed by atoms with Crippen molar-refractivity contribution in [3.8, 4) is 0 Å². The Kier molecular flexibility index (Phi) is 6.14. The first kappa shape index (κ1) is 17.5. The van der Waals surface area contributed by atoms with Gasteiger partial charge in [-0.15, -0.1) is 11.6 Å². The number of β-amino-alcohol motifs (C(OH)–C–C–N with tert-alkyl or cyclic N) is 1. The number of nitro groups is 1. The lowest BCUT2D eigenvalue weighted by atomic mass is 10.2. The Balaban J connectivity index is 2.20. The lowest BCUT2D eigenvalue weighted by molar-refractivity contribution is -0.384. The first-order chi connectivity index (χ1) is 11.0. The smallest absolute Gasteiger partial charge is 0.294 e. The number of aliphatic imine (C=N–C) groups is 1. The molecule has 1 fully saturated rings. The SMILES string of the molecule is NC(CCl)=Nc1ccc(N2CCN(CCO)CC2)c([N+](=O)[O-])c1. The first-order valence-electron chi connectivity index (χ1n) is 7.30. The van der Waals surface area contributed by atoms with Crippen molar-refractivity contribution >= 4 is 34.5 Å². The molecule has 1 aromatic carbocycles. The minimum absolute atomic E-state index is 0.00392. The topological polar surface area (TPSA) is 108 Å². The Hall–Kier alpha value is -1.90. The van der Waals surface area contributed by atoms with E-state index in [-0.39, 0.29) is 24.0 Å². The van der Waals surface area contributed by atoms with E-state index in [1.165, 1.54) is 6.07 Å². The molecule has 0 aliphatic carbocycles. The summed E-state index contributed by atoms with van der Waals surface area (Å²) in [5.41, 5.74) is 6.56. The van der Waals surface area contributed by atoms with Gasteiger partial charge in [-0.2, -0.15) is 0 Å². The Morgan fingerprint density at radius 1 is 1.39 bits per heavy atom. The summed E-state index contributed by atoms with van der Waals surface area (Å²) in [5.74, 6) is 0.286. The summed E-state index contributed by atoms with van der Waals surface area (Å²) in [6.07, 6.45) is 0. The minimum atomic E-state index is -0.411. The number of benzene rings is 1. The fraction of sp³-hybridized carbons (Fsp3) is 0.500. The molecule has 1 aliphatic rings. The highest BCUT2D eigenvalue weighted by atomic mass is 35.5. The average molecular weight is 342 g/mol. The van der Waals surface area contributed by atoms with Crippen molar-refractivity contribution in [3.63, 3.8) is 0 Å². The van der Waals surface area contributed by atoms with Crippen LogP contribution in [0.1, 0.15) is 0 Å². The third-order valence-corrected chi connectivity index (χ3v) is 3.97. The number of amidine groups is 1. The number of piperazine rings is 1. The Morgan fingerprint density at radius 2 is 2.09 bits per heavy atom. The van der Waals surface area contributed by atoms with E-state index in [9.17, 15) is 10.1 Å². The molecule has 0 spiro atoms. The number of nitrogens with zero attached hydrogens (tertiary/aromatic N) is 4. The fourth-order valence-corrected chi connectivity index (χ4v) is 2.60. The molecule has 2 rings (SSSR count). The molecule has 0 bridgehead atoms. The van der Waals surface area contributed by atoms with Crippen LogP contribution >= 0.6 is 11.6 Å². The van der Waals surface area contributed by atoms with Crippen molar-refractivity contribution in [1.82, 2.24) is 4.90 Å². The van der Waals surface area contributed by atoms with E-state index in [0.29, 0.717) is 31.0 Å². The molecule has 0 atom stereocenters. The molecule has 0 aromatic heterocycles. The van der Waals surface area contributed by atoms with Crippen LogP contribution in [-0.4, -0.2) is 66.0 Å². The Labute approximate surface area is 139 Å². The van der Waals surface area contributed by atoms with Gasteiger partial charge in [0, 0.05) is 38.8 Å². The maximum absolute atomic E-state index is 11.4. The predicted molar refractivity (Wildman–Crippen MR) is 90.8 cm³/mol. The molecule has 1 saturated heterocycles. The van der Waals surface area contributed by atoms with E-state index < -0.39 is 4.92 Å². The molecule has 1 aliphatic heterocycles. The summed E-state index contributed by atoms with van der Waals surface area (Å²) in [7, 11) is 0. The second-order valence-electron chi connectivity index (χ2n) is 5.22. The number of rotatable bonds is 6. The number of hydrogen-bond donors (Lipinski definition) is 2. The number of anilines is 1. The van der Waals surface area contributed by atoms with Gasteiger partial charge in [-0.25, -0.2) is 4.99 Å². The van der Waals surface area contributed by atoms with Crippen LogP contribution in [0.15, 0.2) is 23.2 Å². The van der Waals surface area contributed by atoms with Crippen LogP contribution in [0.5, 0.6) is 0 Å². The summed E-state index contributed by atoms with van der Waals surface area (Å²) >= 11 is 5.58. The van der Waals surface area contributed by atoms with Gasteiger partial charge in [0.25, 0.3) is 5.69 Å². The van der Waals surface area contributed by atoms with E-state index in [1.54, 1.807) is 12.1 Å². The number of aliphatic hydroxyl groups excluding tert-OH is 1.